The van der Waals surface area contributed by atoms with Crippen molar-refractivity contribution in [3.05, 3.63) is 29.3 Å². The number of fused-ring (bicyclic) bond motifs is 1. The molecular weight excluding hydrogens is 150 g/mol. The van der Waals surface area contributed by atoms with Crippen molar-refractivity contribution in [2.75, 3.05) is 11.9 Å². The maximum atomic E-state index is 8.93. The lowest BCUT2D eigenvalue weighted by atomic mass is 10.0. The van der Waals surface area contributed by atoms with Crippen molar-refractivity contribution in [3.63, 3.8) is 0 Å². The highest BCUT2D eigenvalue weighted by atomic mass is 16.3. The van der Waals surface area contributed by atoms with Gasteiger partial charge in [0.25, 0.3) is 0 Å². The normalized spacial score (nSPS) is 20.3. The molecule has 2 nitrogen and oxygen atoms in total. The van der Waals surface area contributed by atoms with E-state index in [0.717, 1.165) is 12.1 Å². The highest BCUT2D eigenvalue weighted by molar-refractivity contribution is 5.58. The monoisotopic (exact) mass is 163 g/mol. The zero-order chi connectivity index (χ0) is 8.55. The molecule has 0 saturated heterocycles. The molecule has 1 atom stereocenters. The second kappa shape index (κ2) is 2.79. The maximum absolute atomic E-state index is 8.93. The largest absolute Gasteiger partial charge is 0.392 e. The number of nitrogens with one attached hydrogen (secondary N) is 1. The van der Waals surface area contributed by atoms with E-state index in [1.54, 1.807) is 0 Å². The molecule has 0 saturated carbocycles. The number of rotatable bonds is 1. The summed E-state index contributed by atoms with van der Waals surface area (Å²) in [7, 11) is 0. The molecular formula is C10H13NO. The quantitative estimate of drug-likeness (QED) is 0.660. The number of aliphatic hydroxyl groups excluding tert-OH is 1. The van der Waals surface area contributed by atoms with E-state index in [0.29, 0.717) is 5.92 Å². The van der Waals surface area contributed by atoms with Crippen LogP contribution in [0.15, 0.2) is 18.2 Å². The van der Waals surface area contributed by atoms with Crippen LogP contribution >= 0.6 is 0 Å². The molecule has 0 aromatic heterocycles. The lowest BCUT2D eigenvalue weighted by molar-refractivity contribution is 0.282. The summed E-state index contributed by atoms with van der Waals surface area (Å²) in [6, 6.07) is 6.09. The number of hydrogen-bond donors (Lipinski definition) is 2. The Morgan fingerprint density at radius 3 is 3.17 bits per heavy atom. The molecule has 1 aliphatic heterocycles. The molecule has 0 aliphatic carbocycles. The summed E-state index contributed by atoms with van der Waals surface area (Å²) in [5.41, 5.74) is 3.56. The van der Waals surface area contributed by atoms with Gasteiger partial charge in [-0.05, 0) is 17.2 Å². The van der Waals surface area contributed by atoms with Crippen LogP contribution in [0.1, 0.15) is 24.0 Å². The Hall–Kier alpha value is -1.02. The summed E-state index contributed by atoms with van der Waals surface area (Å²) < 4.78 is 0. The first-order valence-corrected chi connectivity index (χ1v) is 4.29. The molecule has 0 bridgehead atoms. The van der Waals surface area contributed by atoms with Gasteiger partial charge in [0, 0.05) is 18.2 Å². The standard InChI is InChI=1S/C10H13NO/c1-7-5-11-10-3-2-8(6-12)4-9(7)10/h2-4,7,11-12H,5-6H2,1H3. The zero-order valence-electron chi connectivity index (χ0n) is 7.17. The van der Waals surface area contributed by atoms with Gasteiger partial charge in [-0.3, -0.25) is 0 Å². The Bertz CT molecular complexity index is 296. The lowest BCUT2D eigenvalue weighted by Crippen LogP contribution is -1.95. The van der Waals surface area contributed by atoms with E-state index < -0.39 is 0 Å². The van der Waals surface area contributed by atoms with E-state index in [2.05, 4.69) is 18.3 Å². The van der Waals surface area contributed by atoms with E-state index in [4.69, 9.17) is 5.11 Å². The Labute approximate surface area is 72.2 Å². The van der Waals surface area contributed by atoms with Gasteiger partial charge < -0.3 is 10.4 Å². The minimum atomic E-state index is 0.139. The highest BCUT2D eigenvalue weighted by Gasteiger charge is 2.17. The smallest absolute Gasteiger partial charge is 0.0681 e. The number of aliphatic hydroxyl groups is 1. The van der Waals surface area contributed by atoms with Gasteiger partial charge in [0.1, 0.15) is 0 Å². The van der Waals surface area contributed by atoms with Crippen molar-refractivity contribution in [1.29, 1.82) is 0 Å². The van der Waals surface area contributed by atoms with Crippen LogP contribution in [0.4, 0.5) is 5.69 Å². The molecule has 12 heavy (non-hydrogen) atoms. The second-order valence-electron chi connectivity index (χ2n) is 3.36. The summed E-state index contributed by atoms with van der Waals surface area (Å²) in [6.45, 7) is 3.35. The molecule has 64 valence electrons. The fourth-order valence-corrected chi connectivity index (χ4v) is 1.65. The molecule has 0 fully saturated rings. The van der Waals surface area contributed by atoms with Crippen LogP contribution in [0.2, 0.25) is 0 Å². The third-order valence-corrected chi connectivity index (χ3v) is 2.43. The Balaban J connectivity index is 2.43. The van der Waals surface area contributed by atoms with Crippen LogP contribution in [0.3, 0.4) is 0 Å². The molecule has 0 amide bonds. The first kappa shape index (κ1) is 7.62. The Kier molecular flexibility index (Phi) is 1.77. The molecule has 1 unspecified atom stereocenters. The van der Waals surface area contributed by atoms with Crippen LogP contribution in [-0.2, 0) is 6.61 Å². The van der Waals surface area contributed by atoms with Crippen LogP contribution in [0.5, 0.6) is 0 Å². The molecule has 2 N–H and O–H groups in total. The van der Waals surface area contributed by atoms with Gasteiger partial charge in [-0.15, -0.1) is 0 Å². The van der Waals surface area contributed by atoms with E-state index in [-0.39, 0.29) is 6.61 Å². The van der Waals surface area contributed by atoms with Crippen LogP contribution in [0.25, 0.3) is 0 Å². The fraction of sp³-hybridized carbons (Fsp3) is 0.400. The number of anilines is 1. The lowest BCUT2D eigenvalue weighted by Gasteiger charge is -2.03. The summed E-state index contributed by atoms with van der Waals surface area (Å²) in [5.74, 6) is 0.575. The molecule has 1 heterocycles. The van der Waals surface area contributed by atoms with Gasteiger partial charge in [-0.2, -0.15) is 0 Å². The average molecular weight is 163 g/mol. The molecule has 0 spiro atoms. The van der Waals surface area contributed by atoms with E-state index in [1.165, 1.54) is 11.3 Å². The average Bonchev–Trinajstić information content (AvgIpc) is 2.47. The summed E-state index contributed by atoms with van der Waals surface area (Å²) >= 11 is 0. The summed E-state index contributed by atoms with van der Waals surface area (Å²) in [5, 5.41) is 12.3. The molecule has 1 aromatic rings. The molecule has 1 aromatic carbocycles. The highest BCUT2D eigenvalue weighted by Crippen LogP contribution is 2.31. The third-order valence-electron chi connectivity index (χ3n) is 2.43. The van der Waals surface area contributed by atoms with Gasteiger partial charge in [-0.1, -0.05) is 19.1 Å². The summed E-state index contributed by atoms with van der Waals surface area (Å²) in [4.78, 5) is 0. The predicted octanol–water partition coefficient (Wildman–Crippen LogP) is 1.71. The SMILES string of the molecule is CC1CNc2ccc(CO)cc21. The first-order valence-electron chi connectivity index (χ1n) is 4.29. The molecule has 1 aliphatic rings. The summed E-state index contributed by atoms with van der Waals surface area (Å²) in [6.07, 6.45) is 0. The van der Waals surface area contributed by atoms with E-state index >= 15 is 0 Å². The van der Waals surface area contributed by atoms with Crippen molar-refractivity contribution in [2.45, 2.75) is 19.4 Å². The number of hydrogen-bond acceptors (Lipinski definition) is 2. The minimum Gasteiger partial charge on any atom is -0.392 e. The molecule has 2 heteroatoms. The predicted molar refractivity (Wildman–Crippen MR) is 49.3 cm³/mol. The van der Waals surface area contributed by atoms with Crippen molar-refractivity contribution in [3.8, 4) is 0 Å². The van der Waals surface area contributed by atoms with Crippen LogP contribution < -0.4 is 5.32 Å². The van der Waals surface area contributed by atoms with E-state index in [1.807, 2.05) is 12.1 Å². The van der Waals surface area contributed by atoms with Gasteiger partial charge >= 0.3 is 0 Å². The number of benzene rings is 1. The topological polar surface area (TPSA) is 32.3 Å². The van der Waals surface area contributed by atoms with Gasteiger partial charge in [-0.25, -0.2) is 0 Å². The Morgan fingerprint density at radius 2 is 2.42 bits per heavy atom. The molecule has 0 radical (unpaired) electrons. The molecule has 2 rings (SSSR count). The van der Waals surface area contributed by atoms with Gasteiger partial charge in [0.15, 0.2) is 0 Å². The van der Waals surface area contributed by atoms with Crippen LogP contribution in [0, 0.1) is 0 Å². The fourth-order valence-electron chi connectivity index (χ4n) is 1.65. The third kappa shape index (κ3) is 1.08. The van der Waals surface area contributed by atoms with Crippen LogP contribution in [-0.4, -0.2) is 11.7 Å². The van der Waals surface area contributed by atoms with Crippen molar-refractivity contribution >= 4 is 5.69 Å². The van der Waals surface area contributed by atoms with E-state index in [9.17, 15) is 0 Å². The first-order chi connectivity index (χ1) is 5.81. The maximum Gasteiger partial charge on any atom is 0.0681 e. The van der Waals surface area contributed by atoms with Gasteiger partial charge in [0.05, 0.1) is 6.61 Å². The minimum absolute atomic E-state index is 0.139. The van der Waals surface area contributed by atoms with Gasteiger partial charge in [0.2, 0.25) is 0 Å². The van der Waals surface area contributed by atoms with Crippen molar-refractivity contribution in [2.24, 2.45) is 0 Å². The Morgan fingerprint density at radius 1 is 1.58 bits per heavy atom. The second-order valence-corrected chi connectivity index (χ2v) is 3.36. The van der Waals surface area contributed by atoms with Crippen molar-refractivity contribution in [1.82, 2.24) is 0 Å². The van der Waals surface area contributed by atoms with Crippen molar-refractivity contribution < 1.29 is 5.11 Å². The zero-order valence-corrected chi connectivity index (χ0v) is 7.17.